The highest BCUT2D eigenvalue weighted by Crippen LogP contribution is 2.07. The van der Waals surface area contributed by atoms with E-state index in [1.54, 1.807) is 13.0 Å². The first-order valence-corrected chi connectivity index (χ1v) is 6.23. The Bertz CT molecular complexity index is 345. The third-order valence-electron chi connectivity index (χ3n) is 3.00. The second-order valence-electron chi connectivity index (χ2n) is 4.07. The smallest absolute Gasteiger partial charge is 0.436 e. The van der Waals surface area contributed by atoms with Gasteiger partial charge in [-0.25, -0.2) is 4.79 Å². The summed E-state index contributed by atoms with van der Waals surface area (Å²) in [5.41, 5.74) is 2.44. The monoisotopic (exact) mass is 288 g/mol. The van der Waals surface area contributed by atoms with Crippen molar-refractivity contribution in [3.8, 4) is 0 Å². The van der Waals surface area contributed by atoms with E-state index >= 15 is 0 Å². The molecule has 0 saturated heterocycles. The second-order valence-corrected chi connectivity index (χ2v) is 4.07. The van der Waals surface area contributed by atoms with Gasteiger partial charge in [0.05, 0.1) is 7.11 Å². The molecular formula is C12H24N4O4. The highest BCUT2D eigenvalue weighted by molar-refractivity contribution is 5.92. The molecule has 20 heavy (non-hydrogen) atoms. The van der Waals surface area contributed by atoms with Gasteiger partial charge in [-0.15, -0.1) is 0 Å². The normalized spacial score (nSPS) is 11.9. The van der Waals surface area contributed by atoms with Gasteiger partial charge in [-0.3, -0.25) is 20.7 Å². The summed E-state index contributed by atoms with van der Waals surface area (Å²) in [6.07, 6.45) is 2.17. The molecular weight excluding hydrogens is 264 g/mol. The van der Waals surface area contributed by atoms with E-state index in [0.717, 1.165) is 13.5 Å². The van der Waals surface area contributed by atoms with E-state index in [-0.39, 0.29) is 0 Å². The molecule has 0 heterocycles. The van der Waals surface area contributed by atoms with Gasteiger partial charge in [-0.1, -0.05) is 6.08 Å². The lowest BCUT2D eigenvalue weighted by molar-refractivity contribution is -0.127. The Kier molecular flexibility index (Phi) is 8.53. The number of hydroxylamine groups is 1. The summed E-state index contributed by atoms with van der Waals surface area (Å²) in [7, 11) is 6.66. The van der Waals surface area contributed by atoms with Crippen LogP contribution in [0.4, 0.5) is 4.79 Å². The van der Waals surface area contributed by atoms with Crippen LogP contribution in [-0.4, -0.2) is 46.1 Å². The van der Waals surface area contributed by atoms with E-state index < -0.39 is 17.8 Å². The minimum atomic E-state index is -0.967. The molecule has 8 nitrogen and oxygen atoms in total. The molecule has 0 spiro atoms. The molecule has 0 aromatic heterocycles. The van der Waals surface area contributed by atoms with Gasteiger partial charge in [0, 0.05) is 5.57 Å². The molecule has 0 fully saturated rings. The van der Waals surface area contributed by atoms with Crippen molar-refractivity contribution in [3.63, 3.8) is 0 Å². The lowest BCUT2D eigenvalue weighted by Gasteiger charge is -2.32. The van der Waals surface area contributed by atoms with Crippen molar-refractivity contribution in [2.75, 3.05) is 28.3 Å². The van der Waals surface area contributed by atoms with Gasteiger partial charge in [-0.05, 0) is 40.9 Å². The fraction of sp³-hybridized carbons (Fsp3) is 0.667. The summed E-state index contributed by atoms with van der Waals surface area (Å²) in [6, 6.07) is 0. The highest BCUT2D eigenvalue weighted by Gasteiger charge is 2.22. The van der Waals surface area contributed by atoms with Crippen LogP contribution in [0, 0.1) is 0 Å². The van der Waals surface area contributed by atoms with Crippen molar-refractivity contribution in [1.82, 2.24) is 21.4 Å². The van der Waals surface area contributed by atoms with Crippen molar-refractivity contribution in [2.24, 2.45) is 0 Å². The average molecular weight is 288 g/mol. The van der Waals surface area contributed by atoms with Crippen molar-refractivity contribution < 1.29 is 19.2 Å². The number of hydrogen-bond donors (Lipinski definition) is 4. The van der Waals surface area contributed by atoms with Crippen molar-refractivity contribution in [1.29, 1.82) is 0 Å². The first kappa shape index (κ1) is 18.4. The Labute approximate surface area is 119 Å². The molecule has 0 atom stereocenters. The number of hydrogen-bond acceptors (Lipinski definition) is 7. The molecule has 8 heteroatoms. The first-order chi connectivity index (χ1) is 9.44. The Morgan fingerprint density at radius 1 is 1.15 bits per heavy atom. The van der Waals surface area contributed by atoms with E-state index in [0.29, 0.717) is 12.0 Å². The zero-order valence-electron chi connectivity index (χ0n) is 12.6. The second kappa shape index (κ2) is 9.29. The summed E-state index contributed by atoms with van der Waals surface area (Å²) in [6.45, 7) is 1.63. The summed E-state index contributed by atoms with van der Waals surface area (Å²) in [4.78, 5) is 26.6. The van der Waals surface area contributed by atoms with Crippen LogP contribution in [0.25, 0.3) is 0 Å². The number of methoxy groups -OCH3 is 1. The maximum absolute atomic E-state index is 11.6. The van der Waals surface area contributed by atoms with Gasteiger partial charge in [0.1, 0.15) is 5.79 Å². The topological polar surface area (TPSA) is 101 Å². The minimum Gasteiger partial charge on any atom is -0.436 e. The number of carbonyl (C=O) groups is 2. The van der Waals surface area contributed by atoms with E-state index in [1.807, 2.05) is 26.6 Å². The van der Waals surface area contributed by atoms with E-state index in [9.17, 15) is 9.59 Å². The third kappa shape index (κ3) is 6.00. The SMILES string of the molecule is CNC(CCC=C(C)C(=O)NOC(=O)OC)(NC)NC. The molecule has 0 bridgehead atoms. The molecule has 0 aliphatic carbocycles. The van der Waals surface area contributed by atoms with Crippen LogP contribution in [-0.2, 0) is 14.4 Å². The van der Waals surface area contributed by atoms with Crippen molar-refractivity contribution >= 4 is 12.1 Å². The molecule has 0 aliphatic heterocycles. The third-order valence-corrected chi connectivity index (χ3v) is 3.00. The number of nitrogens with one attached hydrogen (secondary N) is 4. The van der Waals surface area contributed by atoms with Gasteiger partial charge in [0.2, 0.25) is 0 Å². The summed E-state index contributed by atoms with van der Waals surface area (Å²) in [5.74, 6) is -0.880. The molecule has 0 rings (SSSR count). The van der Waals surface area contributed by atoms with E-state index in [4.69, 9.17) is 0 Å². The van der Waals surface area contributed by atoms with E-state index in [2.05, 4.69) is 25.5 Å². The molecule has 0 saturated carbocycles. The van der Waals surface area contributed by atoms with Crippen LogP contribution in [0.1, 0.15) is 19.8 Å². The molecule has 116 valence electrons. The fourth-order valence-electron chi connectivity index (χ4n) is 1.56. The van der Waals surface area contributed by atoms with Crippen LogP contribution in [0.3, 0.4) is 0 Å². The highest BCUT2D eigenvalue weighted by atomic mass is 16.8. The molecule has 1 amide bonds. The molecule has 0 aromatic rings. The number of carbonyl (C=O) groups excluding carboxylic acids is 2. The van der Waals surface area contributed by atoms with Crippen molar-refractivity contribution in [3.05, 3.63) is 11.6 Å². The predicted octanol–water partition coefficient (Wildman–Crippen LogP) is -0.161. The zero-order valence-corrected chi connectivity index (χ0v) is 12.6. The average Bonchev–Trinajstić information content (AvgIpc) is 2.49. The van der Waals surface area contributed by atoms with Crippen LogP contribution >= 0.6 is 0 Å². The predicted molar refractivity (Wildman–Crippen MR) is 74.5 cm³/mol. The van der Waals surface area contributed by atoms with Crippen LogP contribution < -0.4 is 21.4 Å². The number of rotatable bonds is 7. The number of ether oxygens (including phenoxy) is 1. The lowest BCUT2D eigenvalue weighted by Crippen LogP contribution is -2.62. The molecule has 0 aromatic carbocycles. The Hall–Kier alpha value is -1.64. The number of amides is 1. The van der Waals surface area contributed by atoms with Gasteiger partial charge in [0.25, 0.3) is 5.91 Å². The van der Waals surface area contributed by atoms with Crippen molar-refractivity contribution in [2.45, 2.75) is 25.6 Å². The Balaban J connectivity index is 4.31. The maximum atomic E-state index is 11.6. The number of allylic oxidation sites excluding steroid dienone is 1. The van der Waals surface area contributed by atoms with Crippen LogP contribution in [0.15, 0.2) is 11.6 Å². The maximum Gasteiger partial charge on any atom is 0.533 e. The van der Waals surface area contributed by atoms with Gasteiger partial charge < -0.3 is 9.57 Å². The Morgan fingerprint density at radius 2 is 1.70 bits per heavy atom. The standard InChI is InChI=1S/C12H24N4O4/c1-9(10(17)16-20-11(18)19-5)7-6-8-12(13-2,14-3)15-4/h7,13-15H,6,8H2,1-5H3,(H,16,17). The lowest BCUT2D eigenvalue weighted by atomic mass is 10.1. The summed E-state index contributed by atoms with van der Waals surface area (Å²) < 4.78 is 4.23. The molecule has 0 radical (unpaired) electrons. The largest absolute Gasteiger partial charge is 0.533 e. The quantitative estimate of drug-likeness (QED) is 0.223. The zero-order chi connectivity index (χ0) is 15.6. The molecule has 0 aliphatic rings. The van der Waals surface area contributed by atoms with Gasteiger partial charge >= 0.3 is 6.16 Å². The molecule has 4 N–H and O–H groups in total. The first-order valence-electron chi connectivity index (χ1n) is 6.23. The summed E-state index contributed by atoms with van der Waals surface area (Å²) in [5, 5.41) is 9.38. The fourth-order valence-corrected chi connectivity index (χ4v) is 1.56. The van der Waals surface area contributed by atoms with Crippen LogP contribution in [0.5, 0.6) is 0 Å². The minimum absolute atomic E-state index is 0.393. The Morgan fingerprint density at radius 3 is 2.15 bits per heavy atom. The summed E-state index contributed by atoms with van der Waals surface area (Å²) >= 11 is 0. The van der Waals surface area contributed by atoms with Crippen LogP contribution in [0.2, 0.25) is 0 Å². The van der Waals surface area contributed by atoms with Gasteiger partial charge in [-0.2, -0.15) is 5.48 Å². The molecule has 0 unspecified atom stereocenters. The van der Waals surface area contributed by atoms with Gasteiger partial charge in [0.15, 0.2) is 0 Å². The van der Waals surface area contributed by atoms with E-state index in [1.165, 1.54) is 0 Å².